The molecular weight excluding hydrogens is 394 g/mol. The number of hydrogen-bond acceptors (Lipinski definition) is 3. The number of carbonyl (C=O) groups excluding carboxylic acids is 1. The Balaban J connectivity index is 1.26. The van der Waals surface area contributed by atoms with Gasteiger partial charge in [0.05, 0.1) is 12.6 Å². The molecule has 4 nitrogen and oxygen atoms in total. The molecule has 0 aliphatic carbocycles. The molecule has 4 heteroatoms. The van der Waals surface area contributed by atoms with Crippen molar-refractivity contribution in [2.24, 2.45) is 0 Å². The van der Waals surface area contributed by atoms with Crippen molar-refractivity contribution in [1.82, 2.24) is 9.80 Å². The Kier molecular flexibility index (Phi) is 6.06. The third-order valence-corrected chi connectivity index (χ3v) is 6.84. The fraction of sp³-hybridized carbons (Fsp3) is 0.321. The molecule has 3 aromatic rings. The van der Waals surface area contributed by atoms with E-state index in [4.69, 9.17) is 0 Å². The van der Waals surface area contributed by atoms with Gasteiger partial charge in [0.2, 0.25) is 5.91 Å². The third kappa shape index (κ3) is 4.21. The maximum Gasteiger partial charge on any atom is 0.241 e. The summed E-state index contributed by atoms with van der Waals surface area (Å²) in [5, 5.41) is 0. The maximum absolute atomic E-state index is 13.2. The molecule has 164 valence electrons. The van der Waals surface area contributed by atoms with Gasteiger partial charge < -0.3 is 4.90 Å². The lowest BCUT2D eigenvalue weighted by atomic mass is 9.96. The summed E-state index contributed by atoms with van der Waals surface area (Å²) in [6.07, 6.45) is 0.950. The molecule has 0 unspecified atom stereocenters. The van der Waals surface area contributed by atoms with Crippen LogP contribution >= 0.6 is 0 Å². The number of anilines is 1. The molecule has 2 aliphatic heterocycles. The van der Waals surface area contributed by atoms with Crippen molar-refractivity contribution < 1.29 is 4.79 Å². The summed E-state index contributed by atoms with van der Waals surface area (Å²) >= 11 is 0. The molecule has 1 atom stereocenters. The predicted molar refractivity (Wildman–Crippen MR) is 130 cm³/mol. The summed E-state index contributed by atoms with van der Waals surface area (Å²) in [6, 6.07) is 30.3. The molecule has 1 amide bonds. The van der Waals surface area contributed by atoms with Crippen LogP contribution < -0.4 is 4.90 Å². The van der Waals surface area contributed by atoms with E-state index in [1.165, 1.54) is 16.7 Å². The van der Waals surface area contributed by atoms with Gasteiger partial charge in [0.25, 0.3) is 0 Å². The number of piperazine rings is 1. The van der Waals surface area contributed by atoms with Crippen molar-refractivity contribution in [1.29, 1.82) is 0 Å². The monoisotopic (exact) mass is 425 g/mol. The van der Waals surface area contributed by atoms with Crippen LogP contribution in [0.2, 0.25) is 0 Å². The molecule has 0 aromatic heterocycles. The highest BCUT2D eigenvalue weighted by molar-refractivity contribution is 5.97. The molecule has 2 aliphatic rings. The van der Waals surface area contributed by atoms with E-state index >= 15 is 0 Å². The first-order valence-electron chi connectivity index (χ1n) is 11.7. The van der Waals surface area contributed by atoms with Crippen LogP contribution in [0.3, 0.4) is 0 Å². The lowest BCUT2D eigenvalue weighted by molar-refractivity contribution is -0.120. The third-order valence-electron chi connectivity index (χ3n) is 6.84. The minimum Gasteiger partial charge on any atom is -0.308 e. The van der Waals surface area contributed by atoms with E-state index in [9.17, 15) is 4.79 Å². The van der Waals surface area contributed by atoms with Gasteiger partial charge >= 0.3 is 0 Å². The van der Waals surface area contributed by atoms with Gasteiger partial charge in [0, 0.05) is 37.9 Å². The summed E-state index contributed by atoms with van der Waals surface area (Å²) in [5.41, 5.74) is 5.03. The Morgan fingerprint density at radius 2 is 1.38 bits per heavy atom. The first kappa shape index (κ1) is 20.9. The van der Waals surface area contributed by atoms with Crippen molar-refractivity contribution in [2.75, 3.05) is 37.6 Å². The van der Waals surface area contributed by atoms with Gasteiger partial charge in [-0.25, -0.2) is 0 Å². The van der Waals surface area contributed by atoms with Gasteiger partial charge in [0.1, 0.15) is 0 Å². The second-order valence-electron chi connectivity index (χ2n) is 8.98. The van der Waals surface area contributed by atoms with Crippen LogP contribution in [0.4, 0.5) is 5.69 Å². The highest BCUT2D eigenvalue weighted by atomic mass is 16.2. The number of amides is 1. The summed E-state index contributed by atoms with van der Waals surface area (Å²) in [5.74, 6) is 0.221. The summed E-state index contributed by atoms with van der Waals surface area (Å²) < 4.78 is 0. The quantitative estimate of drug-likeness (QED) is 0.607. The summed E-state index contributed by atoms with van der Waals surface area (Å²) in [7, 11) is 0. The van der Waals surface area contributed by atoms with Crippen LogP contribution in [-0.2, 0) is 11.2 Å². The second kappa shape index (κ2) is 9.27. The zero-order valence-electron chi connectivity index (χ0n) is 18.7. The predicted octanol–water partition coefficient (Wildman–Crippen LogP) is 4.37. The van der Waals surface area contributed by atoms with Gasteiger partial charge in [-0.3, -0.25) is 14.6 Å². The van der Waals surface area contributed by atoms with E-state index in [2.05, 4.69) is 95.6 Å². The second-order valence-corrected chi connectivity index (χ2v) is 8.98. The smallest absolute Gasteiger partial charge is 0.241 e. The highest BCUT2D eigenvalue weighted by Crippen LogP contribution is 2.32. The summed E-state index contributed by atoms with van der Waals surface area (Å²) in [4.78, 5) is 20.1. The van der Waals surface area contributed by atoms with Gasteiger partial charge in [-0.1, -0.05) is 78.9 Å². The van der Waals surface area contributed by atoms with E-state index in [1.54, 1.807) is 0 Å². The van der Waals surface area contributed by atoms with Crippen LogP contribution in [0.15, 0.2) is 84.9 Å². The fourth-order valence-corrected chi connectivity index (χ4v) is 5.28. The Hall–Kier alpha value is -2.95. The number of hydrogen-bond donors (Lipinski definition) is 0. The lowest BCUT2D eigenvalue weighted by Gasteiger charge is -2.40. The lowest BCUT2D eigenvalue weighted by Crippen LogP contribution is -2.51. The number of fused-ring (bicyclic) bond motifs is 1. The first-order valence-corrected chi connectivity index (χ1v) is 11.7. The Labute approximate surface area is 191 Å². The zero-order valence-corrected chi connectivity index (χ0v) is 18.7. The standard InChI is InChI=1S/C28H31N3O/c1-22-20-25-14-8-9-15-26(25)31(22)27(32)21-29-16-18-30(19-17-29)28(23-10-4-2-5-11-23)24-12-6-3-7-13-24/h2-15,22,28H,16-21H2,1H3/t22-/m1/s1. The molecule has 3 aromatic carbocycles. The molecule has 0 saturated carbocycles. The van der Waals surface area contributed by atoms with Crippen molar-refractivity contribution in [3.8, 4) is 0 Å². The number of para-hydroxylation sites is 1. The minimum absolute atomic E-state index is 0.221. The van der Waals surface area contributed by atoms with E-state index < -0.39 is 0 Å². The topological polar surface area (TPSA) is 26.8 Å². The molecule has 1 fully saturated rings. The van der Waals surface area contributed by atoms with Crippen molar-refractivity contribution >= 4 is 11.6 Å². The van der Waals surface area contributed by atoms with Crippen LogP contribution in [0, 0.1) is 0 Å². The van der Waals surface area contributed by atoms with Crippen molar-refractivity contribution in [2.45, 2.75) is 25.4 Å². The van der Waals surface area contributed by atoms with Crippen LogP contribution in [0.25, 0.3) is 0 Å². The minimum atomic E-state index is 0.221. The highest BCUT2D eigenvalue weighted by Gasteiger charge is 2.32. The molecule has 2 heterocycles. The fourth-order valence-electron chi connectivity index (χ4n) is 5.28. The van der Waals surface area contributed by atoms with Crippen LogP contribution in [-0.4, -0.2) is 54.5 Å². The van der Waals surface area contributed by atoms with Gasteiger partial charge in [-0.2, -0.15) is 0 Å². The van der Waals surface area contributed by atoms with Gasteiger partial charge in [-0.15, -0.1) is 0 Å². The number of rotatable bonds is 5. The van der Waals surface area contributed by atoms with E-state index in [0.29, 0.717) is 6.54 Å². The van der Waals surface area contributed by atoms with E-state index in [0.717, 1.165) is 38.3 Å². The molecule has 0 bridgehead atoms. The Morgan fingerprint density at radius 3 is 2.00 bits per heavy atom. The largest absolute Gasteiger partial charge is 0.308 e. The average Bonchev–Trinajstić information content (AvgIpc) is 3.17. The van der Waals surface area contributed by atoms with Crippen LogP contribution in [0.5, 0.6) is 0 Å². The SMILES string of the molecule is C[C@@H]1Cc2ccccc2N1C(=O)CN1CCN(C(c2ccccc2)c2ccccc2)CC1. The van der Waals surface area contributed by atoms with Gasteiger partial charge in [-0.05, 0) is 36.1 Å². The van der Waals surface area contributed by atoms with Crippen LogP contribution in [0.1, 0.15) is 29.7 Å². The van der Waals surface area contributed by atoms with E-state index in [1.807, 2.05) is 11.0 Å². The first-order chi connectivity index (χ1) is 15.7. The average molecular weight is 426 g/mol. The molecule has 1 saturated heterocycles. The summed E-state index contributed by atoms with van der Waals surface area (Å²) in [6.45, 7) is 6.37. The molecule has 0 spiro atoms. The molecule has 5 rings (SSSR count). The maximum atomic E-state index is 13.2. The number of carbonyl (C=O) groups is 1. The molecular formula is C28H31N3O. The number of nitrogens with zero attached hydrogens (tertiary/aromatic N) is 3. The molecule has 0 N–H and O–H groups in total. The normalized spacial score (nSPS) is 19.3. The Bertz CT molecular complexity index is 1010. The Morgan fingerprint density at radius 1 is 0.812 bits per heavy atom. The van der Waals surface area contributed by atoms with Gasteiger partial charge in [0.15, 0.2) is 0 Å². The zero-order chi connectivity index (χ0) is 21.9. The van der Waals surface area contributed by atoms with Crippen molar-refractivity contribution in [3.63, 3.8) is 0 Å². The van der Waals surface area contributed by atoms with Crippen molar-refractivity contribution in [3.05, 3.63) is 102 Å². The number of benzene rings is 3. The molecule has 32 heavy (non-hydrogen) atoms. The molecule has 0 radical (unpaired) electrons. The van der Waals surface area contributed by atoms with E-state index in [-0.39, 0.29) is 18.0 Å².